The first-order valence-corrected chi connectivity index (χ1v) is 6.75. The predicted molar refractivity (Wildman–Crippen MR) is 67.5 cm³/mol. The summed E-state index contributed by atoms with van der Waals surface area (Å²) in [4.78, 5) is 28.8. The molecule has 0 spiro atoms. The number of fused-ring (bicyclic) bond motifs is 2. The Morgan fingerprint density at radius 3 is 3.00 bits per heavy atom. The van der Waals surface area contributed by atoms with Crippen LogP contribution in [0.4, 0.5) is 6.01 Å². The van der Waals surface area contributed by atoms with E-state index in [2.05, 4.69) is 4.98 Å². The second kappa shape index (κ2) is 4.81. The summed E-state index contributed by atoms with van der Waals surface area (Å²) >= 11 is 0. The molecule has 0 aliphatic carbocycles. The van der Waals surface area contributed by atoms with Crippen LogP contribution < -0.4 is 4.90 Å². The van der Waals surface area contributed by atoms with E-state index >= 15 is 0 Å². The lowest BCUT2D eigenvalue weighted by Gasteiger charge is -2.20. The van der Waals surface area contributed by atoms with E-state index < -0.39 is 11.9 Å². The van der Waals surface area contributed by atoms with Gasteiger partial charge in [0.05, 0.1) is 12.5 Å². The molecule has 3 unspecified atom stereocenters. The molecule has 2 aliphatic rings. The highest BCUT2D eigenvalue weighted by molar-refractivity contribution is 5.87. The van der Waals surface area contributed by atoms with E-state index in [1.807, 2.05) is 4.90 Å². The first-order valence-electron chi connectivity index (χ1n) is 6.75. The third-order valence-corrected chi connectivity index (χ3v) is 4.05. The smallest absolute Gasteiger partial charge is 0.360 e. The maximum absolute atomic E-state index is 11.6. The van der Waals surface area contributed by atoms with Gasteiger partial charge in [-0.2, -0.15) is 4.98 Å². The maximum atomic E-state index is 11.6. The number of carboxylic acids is 1. The van der Waals surface area contributed by atoms with E-state index in [1.165, 1.54) is 6.26 Å². The van der Waals surface area contributed by atoms with Crippen molar-refractivity contribution in [3.05, 3.63) is 12.0 Å². The molecule has 0 amide bonds. The topological polar surface area (TPSA) is 92.9 Å². The minimum absolute atomic E-state index is 0.0915. The predicted octanol–water partition coefficient (Wildman–Crippen LogP) is 1.29. The lowest BCUT2D eigenvalue weighted by atomic mass is 9.89. The van der Waals surface area contributed by atoms with E-state index in [0.29, 0.717) is 12.4 Å². The monoisotopic (exact) mass is 280 g/mol. The van der Waals surface area contributed by atoms with Crippen molar-refractivity contribution in [2.45, 2.75) is 38.3 Å². The minimum atomic E-state index is -0.778. The summed E-state index contributed by atoms with van der Waals surface area (Å²) in [6.07, 6.45) is 3.63. The van der Waals surface area contributed by atoms with Crippen LogP contribution in [0.15, 0.2) is 10.7 Å². The fourth-order valence-electron chi connectivity index (χ4n) is 3.23. The normalized spacial score (nSPS) is 27.9. The molecule has 3 atom stereocenters. The average Bonchev–Trinajstić information content (AvgIpc) is 3.11. The van der Waals surface area contributed by atoms with Crippen LogP contribution in [0.5, 0.6) is 0 Å². The third-order valence-electron chi connectivity index (χ3n) is 4.05. The highest BCUT2D eigenvalue weighted by Gasteiger charge is 2.51. The van der Waals surface area contributed by atoms with Gasteiger partial charge < -0.3 is 19.2 Å². The molecule has 108 valence electrons. The largest absolute Gasteiger partial charge is 0.481 e. The summed E-state index contributed by atoms with van der Waals surface area (Å²) in [5.41, 5.74) is 0.125. The molecule has 3 rings (SSSR count). The lowest BCUT2D eigenvalue weighted by Crippen LogP contribution is -2.33. The van der Waals surface area contributed by atoms with Crippen LogP contribution in [0, 0.1) is 5.92 Å². The number of carbonyl (C=O) groups is 2. The molecule has 7 nitrogen and oxygen atoms in total. The number of aromatic nitrogens is 1. The van der Waals surface area contributed by atoms with Crippen molar-refractivity contribution in [1.82, 2.24) is 4.98 Å². The molecule has 20 heavy (non-hydrogen) atoms. The standard InChI is InChI=1S/C13H16N2O5/c1-2-19-12(18)9-6-20-13(14-9)15-7-3-4-10(15)8(5-7)11(16)17/h6-8,10H,2-5H2,1H3,(H,16,17). The Morgan fingerprint density at radius 2 is 2.35 bits per heavy atom. The second-order valence-electron chi connectivity index (χ2n) is 5.12. The van der Waals surface area contributed by atoms with Gasteiger partial charge in [-0.25, -0.2) is 4.79 Å². The molecule has 1 aromatic heterocycles. The summed E-state index contributed by atoms with van der Waals surface area (Å²) in [6, 6.07) is 0.366. The minimum Gasteiger partial charge on any atom is -0.481 e. The van der Waals surface area contributed by atoms with Crippen molar-refractivity contribution in [1.29, 1.82) is 0 Å². The van der Waals surface area contributed by atoms with Gasteiger partial charge in [0.2, 0.25) is 0 Å². The molecule has 0 aromatic carbocycles. The Morgan fingerprint density at radius 1 is 1.55 bits per heavy atom. The van der Waals surface area contributed by atoms with E-state index in [1.54, 1.807) is 6.92 Å². The van der Waals surface area contributed by atoms with Crippen molar-refractivity contribution in [3.63, 3.8) is 0 Å². The van der Waals surface area contributed by atoms with Gasteiger partial charge >= 0.3 is 11.9 Å². The first kappa shape index (κ1) is 13.0. The molecule has 1 aromatic rings. The number of esters is 1. The molecule has 1 N–H and O–H groups in total. The number of carboxylic acid groups (broad SMARTS) is 1. The molecule has 3 heterocycles. The van der Waals surface area contributed by atoms with Crippen molar-refractivity contribution in [3.8, 4) is 0 Å². The van der Waals surface area contributed by atoms with Crippen molar-refractivity contribution in [2.75, 3.05) is 11.5 Å². The van der Waals surface area contributed by atoms with Crippen molar-refractivity contribution in [2.24, 2.45) is 5.92 Å². The van der Waals surface area contributed by atoms with Crippen molar-refractivity contribution < 1.29 is 23.8 Å². The second-order valence-corrected chi connectivity index (χ2v) is 5.12. The molecule has 0 radical (unpaired) electrons. The molecule has 7 heteroatoms. The SMILES string of the molecule is CCOC(=O)c1coc(N2C3CCC2C(C(=O)O)C3)n1. The highest BCUT2D eigenvalue weighted by atomic mass is 16.5. The van der Waals surface area contributed by atoms with Crippen LogP contribution in [0.2, 0.25) is 0 Å². The average molecular weight is 280 g/mol. The number of rotatable bonds is 4. The molecule has 0 saturated carbocycles. The summed E-state index contributed by atoms with van der Waals surface area (Å²) in [6.45, 7) is 1.99. The molecular formula is C13H16N2O5. The molecule has 2 saturated heterocycles. The fraction of sp³-hybridized carbons (Fsp3) is 0.615. The van der Waals surface area contributed by atoms with E-state index in [9.17, 15) is 14.7 Å². The number of ether oxygens (including phenoxy) is 1. The van der Waals surface area contributed by atoms with Crippen molar-refractivity contribution >= 4 is 18.0 Å². The van der Waals surface area contributed by atoms with Crippen LogP contribution in [-0.2, 0) is 9.53 Å². The molecular weight excluding hydrogens is 264 g/mol. The maximum Gasteiger partial charge on any atom is 0.360 e. The zero-order chi connectivity index (χ0) is 14.3. The summed E-state index contributed by atoms with van der Waals surface area (Å²) in [5, 5.41) is 9.21. The molecule has 2 aliphatic heterocycles. The number of hydrogen-bond donors (Lipinski definition) is 1. The first-order chi connectivity index (χ1) is 9.61. The summed E-state index contributed by atoms with van der Waals surface area (Å²) in [5.74, 6) is -1.69. The summed E-state index contributed by atoms with van der Waals surface area (Å²) in [7, 11) is 0. The van der Waals surface area contributed by atoms with Gasteiger partial charge in [0.1, 0.15) is 6.26 Å². The number of anilines is 1. The molecule has 2 fully saturated rings. The van der Waals surface area contributed by atoms with E-state index in [0.717, 1.165) is 12.8 Å². The quantitative estimate of drug-likeness (QED) is 0.831. The number of nitrogens with zero attached hydrogens (tertiary/aromatic N) is 2. The third kappa shape index (κ3) is 1.93. The fourth-order valence-corrected chi connectivity index (χ4v) is 3.23. The van der Waals surface area contributed by atoms with E-state index in [-0.39, 0.29) is 30.3 Å². The zero-order valence-corrected chi connectivity index (χ0v) is 11.1. The van der Waals surface area contributed by atoms with Crippen LogP contribution in [0.25, 0.3) is 0 Å². The van der Waals surface area contributed by atoms with Gasteiger partial charge in [0.25, 0.3) is 6.01 Å². The lowest BCUT2D eigenvalue weighted by molar-refractivity contribution is -0.142. The zero-order valence-electron chi connectivity index (χ0n) is 11.1. The van der Waals surface area contributed by atoms with Gasteiger partial charge in [0, 0.05) is 12.1 Å². The highest BCUT2D eigenvalue weighted by Crippen LogP contribution is 2.44. The Labute approximate surface area is 115 Å². The van der Waals surface area contributed by atoms with Crippen LogP contribution in [-0.4, -0.2) is 40.7 Å². The van der Waals surface area contributed by atoms with Gasteiger partial charge in [0.15, 0.2) is 5.69 Å². The Bertz CT molecular complexity index is 541. The van der Waals surface area contributed by atoms with Crippen LogP contribution >= 0.6 is 0 Å². The number of hydrogen-bond acceptors (Lipinski definition) is 6. The van der Waals surface area contributed by atoms with Gasteiger partial charge in [-0.1, -0.05) is 0 Å². The Hall–Kier alpha value is -2.05. The summed E-state index contributed by atoms with van der Waals surface area (Å²) < 4.78 is 10.2. The molecule has 2 bridgehead atoms. The van der Waals surface area contributed by atoms with Crippen LogP contribution in [0.1, 0.15) is 36.7 Å². The number of carbonyl (C=O) groups excluding carboxylic acids is 1. The number of aliphatic carboxylic acids is 1. The Balaban J connectivity index is 1.81. The van der Waals surface area contributed by atoms with Gasteiger partial charge in [-0.05, 0) is 26.2 Å². The van der Waals surface area contributed by atoms with Gasteiger partial charge in [-0.15, -0.1) is 0 Å². The number of oxazole rings is 1. The van der Waals surface area contributed by atoms with Crippen LogP contribution in [0.3, 0.4) is 0 Å². The Kier molecular flexibility index (Phi) is 3.11. The van der Waals surface area contributed by atoms with Gasteiger partial charge in [-0.3, -0.25) is 4.79 Å². The van der Waals surface area contributed by atoms with E-state index in [4.69, 9.17) is 9.15 Å².